The fourth-order valence-electron chi connectivity index (χ4n) is 3.40. The predicted molar refractivity (Wildman–Crippen MR) is 94.5 cm³/mol. The van der Waals surface area contributed by atoms with Crippen LogP contribution in [0.1, 0.15) is 30.7 Å². The van der Waals surface area contributed by atoms with Crippen molar-refractivity contribution in [2.24, 2.45) is 5.73 Å². The van der Waals surface area contributed by atoms with Crippen LogP contribution in [0.25, 0.3) is 0 Å². The molecule has 2 aromatic rings. The monoisotopic (exact) mass is 325 g/mol. The molecule has 2 atom stereocenters. The van der Waals surface area contributed by atoms with E-state index >= 15 is 0 Å². The maximum Gasteiger partial charge on any atom is 0.135 e. The van der Waals surface area contributed by atoms with E-state index in [1.165, 1.54) is 18.4 Å². The fourth-order valence-corrected chi connectivity index (χ4v) is 3.40. The van der Waals surface area contributed by atoms with E-state index in [9.17, 15) is 5.11 Å². The molecule has 1 aliphatic heterocycles. The molecule has 0 unspecified atom stereocenters. The standard InChI is InChI=1S/C18H23N5O/c19-9-15-7-16(24)10-23(15)18-8-17(20-11-21-18)22-14-3-1-2-13(6-14)12-4-5-12/h1-3,6,8,11-12,15-16,24H,4-5,7,9-10,19H2,(H,20,21,22)/t15-,16-/m1/s1. The quantitative estimate of drug-likeness (QED) is 0.779. The summed E-state index contributed by atoms with van der Waals surface area (Å²) in [5, 5.41) is 13.3. The van der Waals surface area contributed by atoms with Crippen LogP contribution in [0.4, 0.5) is 17.3 Å². The Kier molecular flexibility index (Phi) is 4.08. The fraction of sp³-hybridized carbons (Fsp3) is 0.444. The highest BCUT2D eigenvalue weighted by atomic mass is 16.3. The second-order valence-electron chi connectivity index (χ2n) is 6.72. The van der Waals surface area contributed by atoms with Crippen LogP contribution in [-0.2, 0) is 0 Å². The van der Waals surface area contributed by atoms with Crippen LogP contribution >= 0.6 is 0 Å². The first-order valence-electron chi connectivity index (χ1n) is 8.56. The molecule has 1 saturated carbocycles. The lowest BCUT2D eigenvalue weighted by Crippen LogP contribution is -2.36. The van der Waals surface area contributed by atoms with E-state index in [2.05, 4.69) is 44.5 Å². The Hall–Kier alpha value is -2.18. The first-order chi connectivity index (χ1) is 11.7. The number of nitrogens with zero attached hydrogens (tertiary/aromatic N) is 3. The van der Waals surface area contributed by atoms with Crippen molar-refractivity contribution in [1.82, 2.24) is 9.97 Å². The summed E-state index contributed by atoms with van der Waals surface area (Å²) in [6, 6.07) is 10.6. The van der Waals surface area contributed by atoms with Gasteiger partial charge in [0.2, 0.25) is 0 Å². The third-order valence-electron chi connectivity index (χ3n) is 4.82. The van der Waals surface area contributed by atoms with Gasteiger partial charge in [-0.3, -0.25) is 0 Å². The summed E-state index contributed by atoms with van der Waals surface area (Å²) in [6.45, 7) is 1.07. The third-order valence-corrected chi connectivity index (χ3v) is 4.82. The van der Waals surface area contributed by atoms with Crippen LogP contribution < -0.4 is 16.0 Å². The smallest absolute Gasteiger partial charge is 0.135 e. The average molecular weight is 325 g/mol. The molecule has 24 heavy (non-hydrogen) atoms. The van der Waals surface area contributed by atoms with Gasteiger partial charge in [0, 0.05) is 30.9 Å². The molecule has 0 radical (unpaired) electrons. The SMILES string of the molecule is NC[C@H]1C[C@@H](O)CN1c1cc(Nc2cccc(C3CC3)c2)ncn1. The molecule has 4 N–H and O–H groups in total. The van der Waals surface area contributed by atoms with Gasteiger partial charge < -0.3 is 21.1 Å². The van der Waals surface area contributed by atoms with E-state index in [0.29, 0.717) is 19.5 Å². The summed E-state index contributed by atoms with van der Waals surface area (Å²) in [5.74, 6) is 2.28. The van der Waals surface area contributed by atoms with Gasteiger partial charge in [0.15, 0.2) is 0 Å². The van der Waals surface area contributed by atoms with Crippen molar-refractivity contribution in [2.45, 2.75) is 37.3 Å². The number of β-amino-alcohol motifs (C(OH)–C–C–N with tert-alkyl or cyclic N) is 1. The van der Waals surface area contributed by atoms with Crippen molar-refractivity contribution < 1.29 is 5.11 Å². The Labute approximate surface area is 141 Å². The van der Waals surface area contributed by atoms with Gasteiger partial charge in [-0.05, 0) is 42.9 Å². The van der Waals surface area contributed by atoms with Gasteiger partial charge in [0.05, 0.1) is 6.10 Å². The van der Waals surface area contributed by atoms with Gasteiger partial charge in [0.25, 0.3) is 0 Å². The summed E-state index contributed by atoms with van der Waals surface area (Å²) in [7, 11) is 0. The topological polar surface area (TPSA) is 87.3 Å². The molecule has 2 fully saturated rings. The number of hydrogen-bond acceptors (Lipinski definition) is 6. The number of rotatable bonds is 5. The molecule has 126 valence electrons. The Morgan fingerprint density at radius 3 is 2.92 bits per heavy atom. The Morgan fingerprint density at radius 1 is 1.25 bits per heavy atom. The van der Waals surface area contributed by atoms with Crippen LogP contribution in [-0.4, -0.2) is 40.3 Å². The lowest BCUT2D eigenvalue weighted by Gasteiger charge is -2.24. The zero-order valence-electron chi connectivity index (χ0n) is 13.6. The normalized spacial score (nSPS) is 23.5. The van der Waals surface area contributed by atoms with Crippen LogP contribution in [0.5, 0.6) is 0 Å². The number of aliphatic hydroxyl groups is 1. The molecule has 6 nitrogen and oxygen atoms in total. The van der Waals surface area contributed by atoms with Crippen molar-refractivity contribution in [3.63, 3.8) is 0 Å². The number of aliphatic hydroxyl groups excluding tert-OH is 1. The second kappa shape index (κ2) is 6.37. The molecule has 6 heteroatoms. The third kappa shape index (κ3) is 3.20. The van der Waals surface area contributed by atoms with E-state index in [4.69, 9.17) is 5.73 Å². The number of aromatic nitrogens is 2. The number of benzene rings is 1. The minimum Gasteiger partial charge on any atom is -0.391 e. The van der Waals surface area contributed by atoms with Crippen molar-refractivity contribution in [2.75, 3.05) is 23.3 Å². The second-order valence-corrected chi connectivity index (χ2v) is 6.72. The highest BCUT2D eigenvalue weighted by Gasteiger charge is 2.31. The van der Waals surface area contributed by atoms with Gasteiger partial charge in [-0.2, -0.15) is 0 Å². The molecule has 2 aliphatic rings. The van der Waals surface area contributed by atoms with Gasteiger partial charge in [0.1, 0.15) is 18.0 Å². The van der Waals surface area contributed by atoms with E-state index in [1.54, 1.807) is 6.33 Å². The van der Waals surface area contributed by atoms with Crippen molar-refractivity contribution in [3.8, 4) is 0 Å². The molecule has 1 aromatic heterocycles. The minimum atomic E-state index is -0.347. The summed E-state index contributed by atoms with van der Waals surface area (Å²) in [6.07, 6.45) is 4.48. The zero-order valence-corrected chi connectivity index (χ0v) is 13.6. The van der Waals surface area contributed by atoms with Crippen molar-refractivity contribution >= 4 is 17.3 Å². The van der Waals surface area contributed by atoms with Gasteiger partial charge in [-0.15, -0.1) is 0 Å². The molecule has 0 bridgehead atoms. The highest BCUT2D eigenvalue weighted by Crippen LogP contribution is 2.40. The van der Waals surface area contributed by atoms with Crippen LogP contribution in [0.15, 0.2) is 36.7 Å². The maximum atomic E-state index is 9.90. The van der Waals surface area contributed by atoms with Gasteiger partial charge in [-0.1, -0.05) is 12.1 Å². The predicted octanol–water partition coefficient (Wildman–Crippen LogP) is 2.00. The first-order valence-corrected chi connectivity index (χ1v) is 8.56. The Bertz CT molecular complexity index is 718. The Morgan fingerprint density at radius 2 is 2.12 bits per heavy atom. The number of nitrogens with two attached hydrogens (primary N) is 1. The minimum absolute atomic E-state index is 0.126. The Balaban J connectivity index is 1.53. The average Bonchev–Trinajstić information content (AvgIpc) is 3.38. The van der Waals surface area contributed by atoms with E-state index in [1.807, 2.05) is 6.07 Å². The number of anilines is 3. The maximum absolute atomic E-state index is 9.90. The molecule has 2 heterocycles. The van der Waals surface area contributed by atoms with Gasteiger partial charge >= 0.3 is 0 Å². The highest BCUT2D eigenvalue weighted by molar-refractivity contribution is 5.60. The van der Waals surface area contributed by atoms with Crippen LogP contribution in [0.3, 0.4) is 0 Å². The molecule has 0 spiro atoms. The summed E-state index contributed by atoms with van der Waals surface area (Å²) >= 11 is 0. The molecule has 0 amide bonds. The lowest BCUT2D eigenvalue weighted by atomic mass is 10.1. The lowest BCUT2D eigenvalue weighted by molar-refractivity contribution is 0.194. The molecule has 1 aliphatic carbocycles. The van der Waals surface area contributed by atoms with Crippen LogP contribution in [0, 0.1) is 0 Å². The number of nitrogens with one attached hydrogen (secondary N) is 1. The van der Waals surface area contributed by atoms with Crippen molar-refractivity contribution in [1.29, 1.82) is 0 Å². The number of hydrogen-bond donors (Lipinski definition) is 3. The van der Waals surface area contributed by atoms with E-state index in [-0.39, 0.29) is 12.1 Å². The van der Waals surface area contributed by atoms with Crippen molar-refractivity contribution in [3.05, 3.63) is 42.2 Å². The summed E-state index contributed by atoms with van der Waals surface area (Å²) < 4.78 is 0. The van der Waals surface area contributed by atoms with E-state index in [0.717, 1.165) is 23.2 Å². The van der Waals surface area contributed by atoms with E-state index < -0.39 is 0 Å². The molecule has 1 saturated heterocycles. The van der Waals surface area contributed by atoms with Crippen LogP contribution in [0.2, 0.25) is 0 Å². The molecule has 1 aromatic carbocycles. The molecular formula is C18H23N5O. The molecular weight excluding hydrogens is 302 g/mol. The summed E-state index contributed by atoms with van der Waals surface area (Å²) in [5.41, 5.74) is 8.26. The first kappa shape index (κ1) is 15.4. The summed E-state index contributed by atoms with van der Waals surface area (Å²) in [4.78, 5) is 10.8. The molecule has 4 rings (SSSR count). The van der Waals surface area contributed by atoms with Gasteiger partial charge in [-0.25, -0.2) is 9.97 Å². The largest absolute Gasteiger partial charge is 0.391 e. The zero-order chi connectivity index (χ0) is 16.5.